The number of hydrogen-bond acceptors (Lipinski definition) is 7. The van der Waals surface area contributed by atoms with Gasteiger partial charge in [-0.15, -0.1) is 0 Å². The summed E-state index contributed by atoms with van der Waals surface area (Å²) >= 11 is 0. The highest BCUT2D eigenvalue weighted by Gasteiger charge is 2.18. The molecule has 124 valence electrons. The quantitative estimate of drug-likeness (QED) is 0.568. The van der Waals surface area contributed by atoms with Crippen molar-refractivity contribution in [3.8, 4) is 11.6 Å². The first-order valence-electron chi connectivity index (χ1n) is 7.29. The molecule has 24 heavy (non-hydrogen) atoms. The van der Waals surface area contributed by atoms with Gasteiger partial charge in [-0.3, -0.25) is 4.68 Å². The maximum atomic E-state index is 5.57. The number of nitrogens with two attached hydrogens (primary N) is 1. The van der Waals surface area contributed by atoms with Crippen LogP contribution in [0, 0.1) is 0 Å². The first-order valence-corrected chi connectivity index (χ1v) is 7.29. The van der Waals surface area contributed by atoms with Crippen molar-refractivity contribution in [1.82, 2.24) is 35.6 Å². The van der Waals surface area contributed by atoms with Crippen LogP contribution in [0.3, 0.4) is 0 Å². The molecule has 0 saturated heterocycles. The van der Waals surface area contributed by atoms with E-state index in [2.05, 4.69) is 20.2 Å². The zero-order chi connectivity index (χ0) is 15.6. The Morgan fingerprint density at radius 1 is 1.17 bits per heavy atom. The summed E-state index contributed by atoms with van der Waals surface area (Å²) in [5.41, 5.74) is 7.27. The van der Waals surface area contributed by atoms with E-state index in [4.69, 9.17) is 10.3 Å². The van der Waals surface area contributed by atoms with E-state index in [1.165, 1.54) is 0 Å². The molecule has 9 heteroatoms. The summed E-state index contributed by atoms with van der Waals surface area (Å²) in [4.78, 5) is 8.39. The second-order valence-corrected chi connectivity index (χ2v) is 5.11. The lowest BCUT2D eigenvalue weighted by Crippen LogP contribution is -2.09. The monoisotopic (exact) mass is 326 g/mol. The fourth-order valence-corrected chi connectivity index (χ4v) is 2.53. The molecule has 0 unspecified atom stereocenters. The predicted molar refractivity (Wildman–Crippen MR) is 88.2 cm³/mol. The molecule has 0 atom stereocenters. The molecule has 0 saturated carbocycles. The molecule has 0 radical (unpaired) electrons. The van der Waals surface area contributed by atoms with Crippen molar-refractivity contribution < 1.29 is 4.52 Å². The summed E-state index contributed by atoms with van der Waals surface area (Å²) in [7, 11) is 0. The van der Waals surface area contributed by atoms with E-state index < -0.39 is 0 Å². The van der Waals surface area contributed by atoms with Crippen molar-refractivity contribution in [2.45, 2.75) is 19.6 Å². The topological polar surface area (TPSA) is 136 Å². The average molecular weight is 326 g/mol. The van der Waals surface area contributed by atoms with Crippen molar-refractivity contribution in [3.05, 3.63) is 48.8 Å². The van der Waals surface area contributed by atoms with E-state index in [0.717, 1.165) is 23.1 Å². The van der Waals surface area contributed by atoms with Crippen molar-refractivity contribution in [2.75, 3.05) is 0 Å². The second kappa shape index (κ2) is 6.60. The zero-order valence-electron chi connectivity index (χ0n) is 13.0. The standard InChI is InChI=1S/C15H15N7O.H3N/c16-9-13-18-15(23-20-13)14-11-3-1-2-4-12(11)19-22(14)8-7-21-6-5-17-10-21;/h1-6,10H,7-9,16H2;1H3. The highest BCUT2D eigenvalue weighted by atomic mass is 16.5. The molecule has 4 rings (SSSR count). The molecule has 3 aromatic heterocycles. The van der Waals surface area contributed by atoms with E-state index in [0.29, 0.717) is 18.3 Å². The molecule has 0 amide bonds. The lowest BCUT2D eigenvalue weighted by atomic mass is 10.2. The summed E-state index contributed by atoms with van der Waals surface area (Å²) in [6.45, 7) is 1.66. The summed E-state index contributed by atoms with van der Waals surface area (Å²) in [6.07, 6.45) is 5.45. The van der Waals surface area contributed by atoms with Crippen LogP contribution < -0.4 is 11.9 Å². The first kappa shape index (κ1) is 15.8. The van der Waals surface area contributed by atoms with Crippen LogP contribution in [-0.2, 0) is 19.6 Å². The van der Waals surface area contributed by atoms with E-state index in [-0.39, 0.29) is 12.7 Å². The smallest absolute Gasteiger partial charge is 0.276 e. The molecular formula is C15H18N8O. The molecule has 1 aromatic carbocycles. The molecule has 0 fully saturated rings. The number of benzene rings is 1. The minimum Gasteiger partial charge on any atom is -0.344 e. The normalized spacial score (nSPS) is 10.9. The van der Waals surface area contributed by atoms with Crippen LogP contribution in [0.5, 0.6) is 0 Å². The van der Waals surface area contributed by atoms with E-state index in [9.17, 15) is 0 Å². The van der Waals surface area contributed by atoms with Gasteiger partial charge in [0.05, 0.1) is 24.9 Å². The highest BCUT2D eigenvalue weighted by Crippen LogP contribution is 2.27. The number of aromatic nitrogens is 6. The lowest BCUT2D eigenvalue weighted by Gasteiger charge is -2.05. The van der Waals surface area contributed by atoms with Gasteiger partial charge >= 0.3 is 0 Å². The average Bonchev–Trinajstić information content (AvgIpc) is 3.31. The Hall–Kier alpha value is -3.04. The van der Waals surface area contributed by atoms with Gasteiger partial charge in [-0.05, 0) is 6.07 Å². The Morgan fingerprint density at radius 3 is 2.79 bits per heavy atom. The van der Waals surface area contributed by atoms with Crippen molar-refractivity contribution >= 4 is 10.9 Å². The third-order valence-electron chi connectivity index (χ3n) is 3.63. The van der Waals surface area contributed by atoms with Crippen LogP contribution in [0.4, 0.5) is 0 Å². The Balaban J connectivity index is 0.00000169. The fourth-order valence-electron chi connectivity index (χ4n) is 2.53. The molecular weight excluding hydrogens is 308 g/mol. The largest absolute Gasteiger partial charge is 0.344 e. The minimum absolute atomic E-state index is 0. The number of nitrogens with zero attached hydrogens (tertiary/aromatic N) is 6. The van der Waals surface area contributed by atoms with Crippen molar-refractivity contribution in [2.24, 2.45) is 5.73 Å². The van der Waals surface area contributed by atoms with Gasteiger partial charge in [-0.25, -0.2) is 4.98 Å². The fraction of sp³-hybridized carbons (Fsp3) is 0.200. The molecule has 0 aliphatic heterocycles. The molecule has 5 N–H and O–H groups in total. The third kappa shape index (κ3) is 2.77. The number of fused-ring (bicyclic) bond motifs is 1. The Kier molecular flexibility index (Phi) is 4.36. The predicted octanol–water partition coefficient (Wildman–Crippen LogP) is 1.60. The van der Waals surface area contributed by atoms with E-state index in [1.54, 1.807) is 12.5 Å². The number of hydrogen-bond donors (Lipinski definition) is 2. The van der Waals surface area contributed by atoms with Gasteiger partial charge in [0.1, 0.15) is 5.69 Å². The Labute approximate surface area is 137 Å². The summed E-state index contributed by atoms with van der Waals surface area (Å²) < 4.78 is 9.25. The SMILES string of the molecule is N.NCc1noc(-c2c3ccccc3nn2CCn2ccnc2)n1. The van der Waals surface area contributed by atoms with Gasteiger partial charge in [-0.1, -0.05) is 23.4 Å². The Bertz CT molecular complexity index is 924. The number of rotatable bonds is 5. The number of aryl methyl sites for hydroxylation is 2. The summed E-state index contributed by atoms with van der Waals surface area (Å²) in [5, 5.41) is 9.51. The van der Waals surface area contributed by atoms with E-state index >= 15 is 0 Å². The molecule has 3 heterocycles. The molecule has 0 aliphatic carbocycles. The second-order valence-electron chi connectivity index (χ2n) is 5.11. The van der Waals surface area contributed by atoms with Crippen LogP contribution in [0.15, 0.2) is 47.5 Å². The van der Waals surface area contributed by atoms with Crippen molar-refractivity contribution in [3.63, 3.8) is 0 Å². The van der Waals surface area contributed by atoms with Gasteiger partial charge in [0, 0.05) is 24.3 Å². The number of imidazole rings is 1. The highest BCUT2D eigenvalue weighted by molar-refractivity contribution is 5.91. The molecule has 0 aliphatic rings. The van der Waals surface area contributed by atoms with Crippen LogP contribution in [0.2, 0.25) is 0 Å². The maximum absolute atomic E-state index is 5.57. The lowest BCUT2D eigenvalue weighted by molar-refractivity contribution is 0.417. The maximum Gasteiger partial charge on any atom is 0.276 e. The Morgan fingerprint density at radius 2 is 2.04 bits per heavy atom. The summed E-state index contributed by atoms with van der Waals surface area (Å²) in [5.74, 6) is 0.913. The molecule has 4 aromatic rings. The third-order valence-corrected chi connectivity index (χ3v) is 3.63. The van der Waals surface area contributed by atoms with Crippen LogP contribution >= 0.6 is 0 Å². The van der Waals surface area contributed by atoms with Crippen molar-refractivity contribution in [1.29, 1.82) is 0 Å². The zero-order valence-corrected chi connectivity index (χ0v) is 13.0. The van der Waals surface area contributed by atoms with Crippen LogP contribution in [0.25, 0.3) is 22.5 Å². The van der Waals surface area contributed by atoms with Crippen LogP contribution in [-0.4, -0.2) is 29.5 Å². The van der Waals surface area contributed by atoms with E-state index in [1.807, 2.05) is 39.7 Å². The van der Waals surface area contributed by atoms with Gasteiger partial charge in [-0.2, -0.15) is 10.1 Å². The van der Waals surface area contributed by atoms with Gasteiger partial charge in [0.15, 0.2) is 5.82 Å². The molecule has 0 spiro atoms. The van der Waals surface area contributed by atoms with Crippen LogP contribution in [0.1, 0.15) is 5.82 Å². The molecule has 9 nitrogen and oxygen atoms in total. The minimum atomic E-state index is 0. The summed E-state index contributed by atoms with van der Waals surface area (Å²) in [6, 6.07) is 7.89. The van der Waals surface area contributed by atoms with Gasteiger partial charge < -0.3 is 21.0 Å². The van der Waals surface area contributed by atoms with Gasteiger partial charge in [0.25, 0.3) is 5.89 Å². The van der Waals surface area contributed by atoms with Gasteiger partial charge in [0.2, 0.25) is 0 Å². The first-order chi connectivity index (χ1) is 11.3. The molecule has 0 bridgehead atoms.